The molecular formula is C49H34. The van der Waals surface area contributed by atoms with Crippen molar-refractivity contribution in [2.45, 2.75) is 19.3 Å². The number of hydrogen-bond donors (Lipinski definition) is 0. The third-order valence-electron chi connectivity index (χ3n) is 10.9. The Morgan fingerprint density at radius 3 is 1.55 bits per heavy atom. The molecule has 0 nitrogen and oxygen atoms in total. The lowest BCUT2D eigenvalue weighted by molar-refractivity contribution is 0.672. The summed E-state index contributed by atoms with van der Waals surface area (Å²) >= 11 is 0. The van der Waals surface area contributed by atoms with Crippen LogP contribution in [0.4, 0.5) is 0 Å². The fourth-order valence-electron chi connectivity index (χ4n) is 8.64. The Labute approximate surface area is 286 Å². The summed E-state index contributed by atoms with van der Waals surface area (Å²) in [5.74, 6) is 0. The summed E-state index contributed by atoms with van der Waals surface area (Å²) in [6, 6.07) is 63.1. The van der Waals surface area contributed by atoms with Crippen molar-refractivity contribution >= 4 is 43.1 Å². The average Bonchev–Trinajstić information content (AvgIpc) is 3.40. The van der Waals surface area contributed by atoms with Crippen molar-refractivity contribution in [2.75, 3.05) is 0 Å². The first-order chi connectivity index (χ1) is 24.0. The van der Waals surface area contributed by atoms with Crippen LogP contribution in [-0.2, 0) is 5.41 Å². The van der Waals surface area contributed by atoms with E-state index < -0.39 is 0 Å². The van der Waals surface area contributed by atoms with Crippen molar-refractivity contribution in [3.63, 3.8) is 0 Å². The second-order valence-corrected chi connectivity index (χ2v) is 14.1. The second-order valence-electron chi connectivity index (χ2n) is 14.1. The lowest BCUT2D eigenvalue weighted by Crippen LogP contribution is -2.16. The molecule has 0 atom stereocenters. The zero-order chi connectivity index (χ0) is 32.7. The molecule has 0 amide bonds. The second kappa shape index (κ2) is 10.5. The highest BCUT2D eigenvalue weighted by atomic mass is 14.4. The third kappa shape index (κ3) is 4.31. The molecule has 9 aromatic carbocycles. The van der Waals surface area contributed by atoms with E-state index in [9.17, 15) is 0 Å². The third-order valence-corrected chi connectivity index (χ3v) is 10.9. The van der Waals surface area contributed by atoms with E-state index in [4.69, 9.17) is 0 Å². The van der Waals surface area contributed by atoms with Crippen molar-refractivity contribution in [1.82, 2.24) is 0 Å². The summed E-state index contributed by atoms with van der Waals surface area (Å²) in [5, 5.41) is 10.3. The number of rotatable bonds is 3. The van der Waals surface area contributed by atoms with Crippen LogP contribution in [0.3, 0.4) is 0 Å². The molecule has 0 aromatic heterocycles. The van der Waals surface area contributed by atoms with Crippen LogP contribution in [0.5, 0.6) is 0 Å². The molecule has 49 heavy (non-hydrogen) atoms. The van der Waals surface area contributed by atoms with Gasteiger partial charge in [0.05, 0.1) is 0 Å². The normalized spacial score (nSPS) is 13.3. The topological polar surface area (TPSA) is 0 Å². The molecule has 9 aromatic rings. The number of fused-ring (bicyclic) bond motifs is 9. The highest BCUT2D eigenvalue weighted by Gasteiger charge is 2.38. The van der Waals surface area contributed by atoms with Crippen LogP contribution in [0.1, 0.15) is 25.0 Å². The van der Waals surface area contributed by atoms with Gasteiger partial charge < -0.3 is 0 Å². The molecule has 0 saturated heterocycles. The van der Waals surface area contributed by atoms with Crippen LogP contribution >= 0.6 is 0 Å². The molecule has 10 rings (SSSR count). The molecule has 0 aliphatic heterocycles. The van der Waals surface area contributed by atoms with Crippen LogP contribution in [0.25, 0.3) is 87.6 Å². The molecule has 0 saturated carbocycles. The van der Waals surface area contributed by atoms with Crippen molar-refractivity contribution in [1.29, 1.82) is 0 Å². The summed E-state index contributed by atoms with van der Waals surface area (Å²) in [5.41, 5.74) is 13.0. The van der Waals surface area contributed by atoms with Gasteiger partial charge in [-0.05, 0) is 129 Å². The van der Waals surface area contributed by atoms with Crippen LogP contribution < -0.4 is 0 Å². The van der Waals surface area contributed by atoms with Gasteiger partial charge in [0, 0.05) is 5.41 Å². The quantitative estimate of drug-likeness (QED) is 0.184. The van der Waals surface area contributed by atoms with E-state index in [0.717, 1.165) is 0 Å². The maximum Gasteiger partial charge on any atom is 0.0171 e. The Bertz CT molecular complexity index is 2780. The van der Waals surface area contributed by atoms with Gasteiger partial charge in [0.1, 0.15) is 0 Å². The monoisotopic (exact) mass is 622 g/mol. The maximum atomic E-state index is 2.41. The highest BCUT2D eigenvalue weighted by molar-refractivity contribution is 6.06. The highest BCUT2D eigenvalue weighted by Crippen LogP contribution is 2.54. The van der Waals surface area contributed by atoms with Gasteiger partial charge in [-0.3, -0.25) is 0 Å². The van der Waals surface area contributed by atoms with E-state index in [-0.39, 0.29) is 5.41 Å². The first-order valence-electron chi connectivity index (χ1n) is 17.3. The zero-order valence-electron chi connectivity index (χ0n) is 27.7. The van der Waals surface area contributed by atoms with E-state index in [1.54, 1.807) is 0 Å². The largest absolute Gasteiger partial charge is 0.0622 e. The van der Waals surface area contributed by atoms with Gasteiger partial charge in [-0.1, -0.05) is 153 Å². The van der Waals surface area contributed by atoms with Crippen molar-refractivity contribution in [3.05, 3.63) is 181 Å². The fraction of sp³-hybridized carbons (Fsp3) is 0.0612. The van der Waals surface area contributed by atoms with Crippen LogP contribution in [-0.4, -0.2) is 0 Å². The molecular weight excluding hydrogens is 589 g/mol. The zero-order valence-corrected chi connectivity index (χ0v) is 27.7. The van der Waals surface area contributed by atoms with Gasteiger partial charge in [-0.15, -0.1) is 0 Å². The average molecular weight is 623 g/mol. The van der Waals surface area contributed by atoms with Gasteiger partial charge in [-0.25, -0.2) is 0 Å². The molecule has 0 N–H and O–H groups in total. The first-order valence-corrected chi connectivity index (χ1v) is 17.3. The molecule has 0 bridgehead atoms. The minimum absolute atomic E-state index is 0.102. The first kappa shape index (κ1) is 28.1. The minimum Gasteiger partial charge on any atom is -0.0622 e. The molecule has 0 fully saturated rings. The SMILES string of the molecule is CC1(C)c2c(ccc3ccccc23)-c2ccc3cc(-c4cc(-c5ccc6ccc(-c7ccccc7)cc6c5)cc5ccccc45)ccc3c21. The minimum atomic E-state index is -0.102. The van der Waals surface area contributed by atoms with E-state index >= 15 is 0 Å². The molecule has 0 heterocycles. The summed E-state index contributed by atoms with van der Waals surface area (Å²) in [7, 11) is 0. The standard InChI is InChI=1S/C49H34/c1-49(2)47-42-15-9-6-12-33(42)20-24-44(47)45-25-22-37-28-38(21-23-43(37)48(45)49)46-30-40(29-36-13-7-8-14-41(36)46)35-19-17-32-16-18-34(26-39(32)27-35)31-10-4-3-5-11-31/h3-30H,1-2H3. The molecule has 0 spiro atoms. The van der Waals surface area contributed by atoms with Gasteiger partial charge in [0.15, 0.2) is 0 Å². The van der Waals surface area contributed by atoms with Crippen molar-refractivity contribution < 1.29 is 0 Å². The summed E-state index contributed by atoms with van der Waals surface area (Å²) in [6.07, 6.45) is 0. The predicted molar refractivity (Wildman–Crippen MR) is 210 cm³/mol. The summed E-state index contributed by atoms with van der Waals surface area (Å²) in [4.78, 5) is 0. The Morgan fingerprint density at radius 2 is 0.796 bits per heavy atom. The van der Waals surface area contributed by atoms with Crippen LogP contribution in [0, 0.1) is 0 Å². The summed E-state index contributed by atoms with van der Waals surface area (Å²) in [6.45, 7) is 4.81. The Morgan fingerprint density at radius 1 is 0.286 bits per heavy atom. The van der Waals surface area contributed by atoms with E-state index in [2.05, 4.69) is 184 Å². The molecule has 230 valence electrons. The lowest BCUT2D eigenvalue weighted by atomic mass is 9.78. The Hall–Kier alpha value is -5.98. The van der Waals surface area contributed by atoms with E-state index in [1.165, 1.54) is 98.7 Å². The molecule has 1 aliphatic rings. The van der Waals surface area contributed by atoms with Gasteiger partial charge in [0.25, 0.3) is 0 Å². The van der Waals surface area contributed by atoms with E-state index in [1.807, 2.05) is 0 Å². The van der Waals surface area contributed by atoms with Gasteiger partial charge in [0.2, 0.25) is 0 Å². The summed E-state index contributed by atoms with van der Waals surface area (Å²) < 4.78 is 0. The predicted octanol–water partition coefficient (Wildman–Crippen LogP) is 13.6. The number of hydrogen-bond acceptors (Lipinski definition) is 0. The van der Waals surface area contributed by atoms with Crippen molar-refractivity contribution in [2.24, 2.45) is 0 Å². The lowest BCUT2D eigenvalue weighted by Gasteiger charge is -2.25. The van der Waals surface area contributed by atoms with Crippen LogP contribution in [0.15, 0.2) is 170 Å². The molecule has 1 aliphatic carbocycles. The van der Waals surface area contributed by atoms with Gasteiger partial charge >= 0.3 is 0 Å². The van der Waals surface area contributed by atoms with Gasteiger partial charge in [-0.2, -0.15) is 0 Å². The van der Waals surface area contributed by atoms with Crippen molar-refractivity contribution in [3.8, 4) is 44.5 Å². The fourth-order valence-corrected chi connectivity index (χ4v) is 8.64. The molecule has 0 radical (unpaired) electrons. The smallest absolute Gasteiger partial charge is 0.0171 e. The molecule has 0 heteroatoms. The number of benzene rings is 9. The Balaban J connectivity index is 1.12. The van der Waals surface area contributed by atoms with Crippen LogP contribution in [0.2, 0.25) is 0 Å². The Kier molecular flexibility index (Phi) is 6.02. The molecule has 0 unspecified atom stereocenters. The van der Waals surface area contributed by atoms with E-state index in [0.29, 0.717) is 0 Å². The maximum absolute atomic E-state index is 2.41.